The van der Waals surface area contributed by atoms with Crippen LogP contribution in [0.25, 0.3) is 0 Å². The summed E-state index contributed by atoms with van der Waals surface area (Å²) in [5.74, 6) is 0. The number of aromatic nitrogens is 2. The quantitative estimate of drug-likeness (QED) is 0.674. The van der Waals surface area contributed by atoms with Crippen LogP contribution in [0.5, 0.6) is 0 Å². The van der Waals surface area contributed by atoms with Crippen molar-refractivity contribution in [3.63, 3.8) is 0 Å². The Morgan fingerprint density at radius 3 is 2.58 bits per heavy atom. The molecule has 12 heavy (non-hydrogen) atoms. The Balaban J connectivity index is 3.22. The average Bonchev–Trinajstić information content (AvgIpc) is 2.33. The summed E-state index contributed by atoms with van der Waals surface area (Å²) in [4.78, 5) is 0. The van der Waals surface area contributed by atoms with E-state index in [-0.39, 0.29) is 0 Å². The zero-order valence-corrected chi connectivity index (χ0v) is 7.50. The molecule has 0 spiro atoms. The lowest BCUT2D eigenvalue weighted by Crippen LogP contribution is -2.26. The van der Waals surface area contributed by atoms with Gasteiger partial charge in [0.2, 0.25) is 0 Å². The van der Waals surface area contributed by atoms with E-state index in [1.807, 2.05) is 6.92 Å². The highest BCUT2D eigenvalue weighted by Gasteiger charge is 2.22. The minimum atomic E-state index is -0.623. The first-order valence-corrected chi connectivity index (χ1v) is 3.71. The standard InChI is InChI=1S/C8H12N4/c1-6-7(10)4-11-12(6)8(2,3)5-9/h4H,10H2,1-3H3. The Morgan fingerprint density at radius 1 is 1.67 bits per heavy atom. The minimum Gasteiger partial charge on any atom is -0.396 e. The fraction of sp³-hybridized carbons (Fsp3) is 0.500. The van der Waals surface area contributed by atoms with Gasteiger partial charge in [0.15, 0.2) is 0 Å². The lowest BCUT2D eigenvalue weighted by molar-refractivity contribution is 0.409. The number of hydrogen-bond donors (Lipinski definition) is 1. The molecular formula is C8H12N4. The van der Waals surface area contributed by atoms with Crippen molar-refractivity contribution in [2.24, 2.45) is 0 Å². The highest BCUT2D eigenvalue weighted by Crippen LogP contribution is 2.18. The van der Waals surface area contributed by atoms with Crippen LogP contribution in [0.4, 0.5) is 5.69 Å². The summed E-state index contributed by atoms with van der Waals surface area (Å²) in [5, 5.41) is 12.9. The number of nitrogens with two attached hydrogens (primary N) is 1. The van der Waals surface area contributed by atoms with Crippen LogP contribution in [0, 0.1) is 18.3 Å². The van der Waals surface area contributed by atoms with Gasteiger partial charge in [-0.25, -0.2) is 4.68 Å². The molecule has 64 valence electrons. The van der Waals surface area contributed by atoms with Crippen molar-refractivity contribution in [3.05, 3.63) is 11.9 Å². The molecule has 4 nitrogen and oxygen atoms in total. The number of hydrogen-bond acceptors (Lipinski definition) is 3. The van der Waals surface area contributed by atoms with Gasteiger partial charge in [-0.15, -0.1) is 0 Å². The lowest BCUT2D eigenvalue weighted by atomic mass is 10.1. The van der Waals surface area contributed by atoms with Gasteiger partial charge in [-0.2, -0.15) is 10.4 Å². The molecule has 2 N–H and O–H groups in total. The van der Waals surface area contributed by atoms with E-state index < -0.39 is 5.54 Å². The zero-order valence-electron chi connectivity index (χ0n) is 7.50. The van der Waals surface area contributed by atoms with E-state index in [1.165, 1.54) is 0 Å². The van der Waals surface area contributed by atoms with Crippen molar-refractivity contribution in [3.8, 4) is 6.07 Å². The van der Waals surface area contributed by atoms with Crippen LogP contribution < -0.4 is 5.73 Å². The van der Waals surface area contributed by atoms with Crippen LogP contribution in [-0.2, 0) is 5.54 Å². The van der Waals surface area contributed by atoms with Crippen LogP contribution in [0.1, 0.15) is 19.5 Å². The van der Waals surface area contributed by atoms with E-state index in [0.29, 0.717) is 5.69 Å². The van der Waals surface area contributed by atoms with E-state index in [2.05, 4.69) is 11.2 Å². The second-order valence-corrected chi connectivity index (χ2v) is 3.27. The van der Waals surface area contributed by atoms with Gasteiger partial charge in [-0.05, 0) is 20.8 Å². The predicted octanol–water partition coefficient (Wildman–Crippen LogP) is 1.03. The molecule has 0 fully saturated rings. The average molecular weight is 164 g/mol. The Hall–Kier alpha value is -1.50. The summed E-state index contributed by atoms with van der Waals surface area (Å²) >= 11 is 0. The van der Waals surface area contributed by atoms with E-state index in [9.17, 15) is 0 Å². The molecule has 1 aromatic heterocycles. The molecule has 0 aromatic carbocycles. The Labute approximate surface area is 71.6 Å². The van der Waals surface area contributed by atoms with E-state index in [4.69, 9.17) is 11.0 Å². The van der Waals surface area contributed by atoms with Crippen LogP contribution in [0.2, 0.25) is 0 Å². The summed E-state index contributed by atoms with van der Waals surface area (Å²) in [5.41, 5.74) is 6.43. The maximum absolute atomic E-state index is 8.83. The second kappa shape index (κ2) is 2.52. The smallest absolute Gasteiger partial charge is 0.143 e. The molecule has 0 aliphatic heterocycles. The van der Waals surface area contributed by atoms with E-state index in [1.54, 1.807) is 24.7 Å². The molecule has 1 aromatic rings. The fourth-order valence-corrected chi connectivity index (χ4v) is 1.03. The third-order valence-electron chi connectivity index (χ3n) is 1.85. The first-order chi connectivity index (χ1) is 5.49. The molecule has 0 aliphatic carbocycles. The number of anilines is 1. The molecule has 1 heterocycles. The second-order valence-electron chi connectivity index (χ2n) is 3.27. The van der Waals surface area contributed by atoms with E-state index >= 15 is 0 Å². The molecule has 0 unspecified atom stereocenters. The van der Waals surface area contributed by atoms with Crippen molar-refractivity contribution in [2.75, 3.05) is 5.73 Å². The highest BCUT2D eigenvalue weighted by molar-refractivity contribution is 5.40. The maximum Gasteiger partial charge on any atom is 0.143 e. The van der Waals surface area contributed by atoms with Crippen molar-refractivity contribution in [1.82, 2.24) is 9.78 Å². The molecule has 0 radical (unpaired) electrons. The van der Waals surface area contributed by atoms with Gasteiger partial charge in [0.1, 0.15) is 5.54 Å². The topological polar surface area (TPSA) is 67.6 Å². The maximum atomic E-state index is 8.83. The minimum absolute atomic E-state index is 0.623. The third kappa shape index (κ3) is 1.14. The normalized spacial score (nSPS) is 11.2. The molecule has 0 amide bonds. The highest BCUT2D eigenvalue weighted by atomic mass is 15.3. The fourth-order valence-electron chi connectivity index (χ4n) is 1.03. The van der Waals surface area contributed by atoms with Gasteiger partial charge >= 0.3 is 0 Å². The molecule has 0 atom stereocenters. The largest absolute Gasteiger partial charge is 0.396 e. The summed E-state index contributed by atoms with van der Waals surface area (Å²) in [6.07, 6.45) is 1.56. The molecule has 1 rings (SSSR count). The van der Waals surface area contributed by atoms with Crippen molar-refractivity contribution >= 4 is 5.69 Å². The predicted molar refractivity (Wildman–Crippen MR) is 46.3 cm³/mol. The van der Waals surface area contributed by atoms with Crippen molar-refractivity contribution in [1.29, 1.82) is 5.26 Å². The summed E-state index contributed by atoms with van der Waals surface area (Å²) in [6.45, 7) is 5.44. The van der Waals surface area contributed by atoms with Gasteiger partial charge in [0, 0.05) is 0 Å². The molecule has 0 saturated carbocycles. The Morgan fingerprint density at radius 2 is 2.25 bits per heavy atom. The molecule has 0 bridgehead atoms. The zero-order chi connectivity index (χ0) is 9.35. The van der Waals surface area contributed by atoms with Crippen LogP contribution in [0.15, 0.2) is 6.20 Å². The number of nitriles is 1. The SMILES string of the molecule is Cc1c(N)cnn1C(C)(C)C#N. The molecule has 0 aliphatic rings. The Bertz CT molecular complexity index is 329. The molecular weight excluding hydrogens is 152 g/mol. The lowest BCUT2D eigenvalue weighted by Gasteiger charge is -2.17. The number of nitrogen functional groups attached to an aromatic ring is 1. The summed E-state index contributed by atoms with van der Waals surface area (Å²) in [7, 11) is 0. The monoisotopic (exact) mass is 164 g/mol. The van der Waals surface area contributed by atoms with Crippen molar-refractivity contribution in [2.45, 2.75) is 26.3 Å². The van der Waals surface area contributed by atoms with Gasteiger partial charge in [0.25, 0.3) is 0 Å². The Kier molecular flexibility index (Phi) is 1.81. The van der Waals surface area contributed by atoms with Gasteiger partial charge < -0.3 is 5.73 Å². The van der Waals surface area contributed by atoms with Crippen molar-refractivity contribution < 1.29 is 0 Å². The van der Waals surface area contributed by atoms with Gasteiger partial charge in [-0.1, -0.05) is 0 Å². The van der Waals surface area contributed by atoms with Gasteiger partial charge in [0.05, 0.1) is 23.6 Å². The van der Waals surface area contributed by atoms with Crippen LogP contribution in [0.3, 0.4) is 0 Å². The number of rotatable bonds is 1. The van der Waals surface area contributed by atoms with Gasteiger partial charge in [-0.3, -0.25) is 0 Å². The third-order valence-corrected chi connectivity index (χ3v) is 1.85. The number of nitrogens with zero attached hydrogens (tertiary/aromatic N) is 3. The van der Waals surface area contributed by atoms with E-state index in [0.717, 1.165) is 5.69 Å². The van der Waals surface area contributed by atoms with Crippen LogP contribution >= 0.6 is 0 Å². The summed E-state index contributed by atoms with van der Waals surface area (Å²) in [6, 6.07) is 2.16. The van der Waals surface area contributed by atoms with Crippen LogP contribution in [-0.4, -0.2) is 9.78 Å². The first kappa shape index (κ1) is 8.60. The first-order valence-electron chi connectivity index (χ1n) is 3.71. The summed E-state index contributed by atoms with van der Waals surface area (Å²) < 4.78 is 1.63. The molecule has 0 saturated heterocycles. The molecule has 4 heteroatoms.